The Kier molecular flexibility index (Phi) is 2.95. The number of esters is 1. The van der Waals surface area contributed by atoms with Crippen molar-refractivity contribution in [3.63, 3.8) is 0 Å². The highest BCUT2D eigenvalue weighted by molar-refractivity contribution is 6.22. The lowest BCUT2D eigenvalue weighted by atomic mass is 9.84. The summed E-state index contributed by atoms with van der Waals surface area (Å²) in [5.74, 6) is -0.714. The lowest BCUT2D eigenvalue weighted by Gasteiger charge is -2.33. The number of carbonyl (C=O) groups is 2. The largest absolute Gasteiger partial charge is 0.451 e. The van der Waals surface area contributed by atoms with Gasteiger partial charge in [-0.1, -0.05) is 12.5 Å². The molecular formula is C13H16O3. The molecule has 0 atom stereocenters. The first-order valence-corrected chi connectivity index (χ1v) is 5.80. The van der Waals surface area contributed by atoms with E-state index in [2.05, 4.69) is 0 Å². The molecule has 1 aliphatic heterocycles. The SMILES string of the molecule is C/C=C1/C(=O)C=CC2(CCCCC2)OC1=O. The van der Waals surface area contributed by atoms with E-state index in [9.17, 15) is 9.59 Å². The summed E-state index contributed by atoms with van der Waals surface area (Å²) in [4.78, 5) is 23.4. The molecular weight excluding hydrogens is 204 g/mol. The van der Waals surface area contributed by atoms with Gasteiger partial charge in [0.25, 0.3) is 0 Å². The minimum absolute atomic E-state index is 0.152. The highest BCUT2D eigenvalue weighted by Crippen LogP contribution is 2.35. The molecule has 1 spiro atoms. The standard InChI is InChI=1S/C13H16O3/c1-2-10-11(14)6-9-13(16-12(10)15)7-4-3-5-8-13/h2,6,9H,3-5,7-8H2,1H3/b10-2-. The predicted octanol–water partition coefficient (Wildman–Crippen LogP) is 2.32. The Labute approximate surface area is 95.2 Å². The Balaban J connectivity index is 2.29. The van der Waals surface area contributed by atoms with Crippen LogP contribution in [0.3, 0.4) is 0 Å². The summed E-state index contributed by atoms with van der Waals surface area (Å²) in [6.45, 7) is 1.68. The van der Waals surface area contributed by atoms with Gasteiger partial charge < -0.3 is 4.74 Å². The molecule has 0 radical (unpaired) electrons. The van der Waals surface area contributed by atoms with Crippen LogP contribution in [0.25, 0.3) is 0 Å². The van der Waals surface area contributed by atoms with E-state index in [1.165, 1.54) is 18.6 Å². The fourth-order valence-electron chi connectivity index (χ4n) is 2.37. The van der Waals surface area contributed by atoms with Gasteiger partial charge in [0.05, 0.1) is 0 Å². The van der Waals surface area contributed by atoms with Crippen LogP contribution in [-0.4, -0.2) is 17.4 Å². The number of carbonyl (C=O) groups excluding carboxylic acids is 2. The maximum atomic E-state index is 11.8. The van der Waals surface area contributed by atoms with Gasteiger partial charge in [-0.15, -0.1) is 0 Å². The molecule has 3 nitrogen and oxygen atoms in total. The van der Waals surface area contributed by atoms with Gasteiger partial charge in [-0.05, 0) is 44.8 Å². The monoisotopic (exact) mass is 220 g/mol. The number of hydrogen-bond donors (Lipinski definition) is 0. The van der Waals surface area contributed by atoms with Crippen molar-refractivity contribution < 1.29 is 14.3 Å². The number of ketones is 1. The first-order valence-electron chi connectivity index (χ1n) is 5.80. The van der Waals surface area contributed by atoms with Crippen molar-refractivity contribution in [2.45, 2.75) is 44.6 Å². The minimum atomic E-state index is -0.518. The van der Waals surface area contributed by atoms with E-state index in [0.29, 0.717) is 0 Å². The fourth-order valence-corrected chi connectivity index (χ4v) is 2.37. The summed E-state index contributed by atoms with van der Waals surface area (Å²) in [6.07, 6.45) is 9.75. The van der Waals surface area contributed by atoms with Gasteiger partial charge in [0.1, 0.15) is 11.2 Å². The summed E-state index contributed by atoms with van der Waals surface area (Å²) in [6, 6.07) is 0. The molecule has 1 aliphatic carbocycles. The number of rotatable bonds is 0. The van der Waals surface area contributed by atoms with E-state index in [-0.39, 0.29) is 11.4 Å². The van der Waals surface area contributed by atoms with Gasteiger partial charge in [0.2, 0.25) is 0 Å². The second-order valence-electron chi connectivity index (χ2n) is 4.41. The quantitative estimate of drug-likeness (QED) is 0.357. The van der Waals surface area contributed by atoms with E-state index >= 15 is 0 Å². The molecule has 0 saturated heterocycles. The predicted molar refractivity (Wildman–Crippen MR) is 59.8 cm³/mol. The molecule has 0 unspecified atom stereocenters. The molecule has 1 fully saturated rings. The third kappa shape index (κ3) is 1.94. The zero-order chi connectivity index (χ0) is 11.6. The highest BCUT2D eigenvalue weighted by Gasteiger charge is 2.37. The van der Waals surface area contributed by atoms with Crippen LogP contribution in [-0.2, 0) is 14.3 Å². The third-order valence-electron chi connectivity index (χ3n) is 3.31. The van der Waals surface area contributed by atoms with Crippen LogP contribution in [0.15, 0.2) is 23.8 Å². The first kappa shape index (κ1) is 11.1. The zero-order valence-electron chi connectivity index (χ0n) is 9.49. The van der Waals surface area contributed by atoms with Crippen LogP contribution in [0, 0.1) is 0 Å². The van der Waals surface area contributed by atoms with E-state index in [0.717, 1.165) is 25.7 Å². The van der Waals surface area contributed by atoms with E-state index in [4.69, 9.17) is 4.74 Å². The second kappa shape index (κ2) is 4.24. The molecule has 0 aromatic rings. The number of hydrogen-bond acceptors (Lipinski definition) is 3. The molecule has 16 heavy (non-hydrogen) atoms. The molecule has 86 valence electrons. The lowest BCUT2D eigenvalue weighted by Crippen LogP contribution is -2.34. The normalized spacial score (nSPS) is 26.9. The summed E-state index contributed by atoms with van der Waals surface area (Å²) in [5.41, 5.74) is -0.367. The fraction of sp³-hybridized carbons (Fsp3) is 0.538. The van der Waals surface area contributed by atoms with E-state index in [1.807, 2.05) is 0 Å². The summed E-state index contributed by atoms with van der Waals surface area (Å²) in [5, 5.41) is 0. The van der Waals surface area contributed by atoms with Crippen molar-refractivity contribution >= 4 is 11.8 Å². The Morgan fingerprint density at radius 1 is 1.25 bits per heavy atom. The summed E-state index contributed by atoms with van der Waals surface area (Å²) in [7, 11) is 0. The Morgan fingerprint density at radius 3 is 2.56 bits per heavy atom. The van der Waals surface area contributed by atoms with Crippen molar-refractivity contribution in [2.24, 2.45) is 0 Å². The first-order chi connectivity index (χ1) is 7.67. The Hall–Kier alpha value is -1.38. The van der Waals surface area contributed by atoms with Gasteiger partial charge in [0.15, 0.2) is 5.78 Å². The summed E-state index contributed by atoms with van der Waals surface area (Å²) >= 11 is 0. The van der Waals surface area contributed by atoms with Gasteiger partial charge in [0, 0.05) is 0 Å². The van der Waals surface area contributed by atoms with Gasteiger partial charge >= 0.3 is 5.97 Å². The number of ether oxygens (including phenoxy) is 1. The molecule has 0 bridgehead atoms. The maximum absolute atomic E-state index is 11.8. The summed E-state index contributed by atoms with van der Waals surface area (Å²) < 4.78 is 5.50. The lowest BCUT2D eigenvalue weighted by molar-refractivity contribution is -0.152. The third-order valence-corrected chi connectivity index (χ3v) is 3.31. The average molecular weight is 220 g/mol. The van der Waals surface area contributed by atoms with E-state index < -0.39 is 11.6 Å². The molecule has 2 rings (SSSR count). The van der Waals surface area contributed by atoms with Gasteiger partial charge in [-0.2, -0.15) is 0 Å². The van der Waals surface area contributed by atoms with Crippen LogP contribution < -0.4 is 0 Å². The molecule has 2 aliphatic rings. The van der Waals surface area contributed by atoms with Gasteiger partial charge in [-0.25, -0.2) is 4.79 Å². The van der Waals surface area contributed by atoms with Crippen LogP contribution in [0.1, 0.15) is 39.0 Å². The average Bonchev–Trinajstić information content (AvgIpc) is 2.38. The molecule has 0 aromatic heterocycles. The topological polar surface area (TPSA) is 43.4 Å². The molecule has 0 aromatic carbocycles. The molecule has 1 saturated carbocycles. The van der Waals surface area contributed by atoms with Crippen molar-refractivity contribution in [3.05, 3.63) is 23.8 Å². The number of allylic oxidation sites excluding steroid dienone is 2. The van der Waals surface area contributed by atoms with Crippen LogP contribution in [0.4, 0.5) is 0 Å². The van der Waals surface area contributed by atoms with Crippen molar-refractivity contribution in [3.8, 4) is 0 Å². The molecule has 0 N–H and O–H groups in total. The smallest absolute Gasteiger partial charge is 0.342 e. The van der Waals surface area contributed by atoms with Crippen molar-refractivity contribution in [1.82, 2.24) is 0 Å². The molecule has 3 heteroatoms. The zero-order valence-corrected chi connectivity index (χ0v) is 9.49. The Morgan fingerprint density at radius 2 is 1.94 bits per heavy atom. The second-order valence-corrected chi connectivity index (χ2v) is 4.41. The highest BCUT2D eigenvalue weighted by atomic mass is 16.6. The van der Waals surface area contributed by atoms with Gasteiger partial charge in [-0.3, -0.25) is 4.79 Å². The maximum Gasteiger partial charge on any atom is 0.342 e. The minimum Gasteiger partial charge on any atom is -0.451 e. The van der Waals surface area contributed by atoms with Crippen LogP contribution in [0.5, 0.6) is 0 Å². The van der Waals surface area contributed by atoms with E-state index in [1.54, 1.807) is 13.0 Å². The molecule has 1 heterocycles. The Bertz CT molecular complexity index is 371. The van der Waals surface area contributed by atoms with Crippen LogP contribution >= 0.6 is 0 Å². The van der Waals surface area contributed by atoms with Crippen molar-refractivity contribution in [1.29, 1.82) is 0 Å². The van der Waals surface area contributed by atoms with Crippen LogP contribution in [0.2, 0.25) is 0 Å². The van der Waals surface area contributed by atoms with Crippen molar-refractivity contribution in [2.75, 3.05) is 0 Å². The molecule has 0 amide bonds.